The second-order valence-corrected chi connectivity index (χ2v) is 5.89. The lowest BCUT2D eigenvalue weighted by Crippen LogP contribution is -2.26. The van der Waals surface area contributed by atoms with Crippen molar-refractivity contribution in [2.75, 3.05) is 24.8 Å². The van der Waals surface area contributed by atoms with Crippen LogP contribution in [0, 0.1) is 0 Å². The van der Waals surface area contributed by atoms with E-state index >= 15 is 0 Å². The van der Waals surface area contributed by atoms with Crippen molar-refractivity contribution in [3.63, 3.8) is 0 Å². The molecule has 1 amide bonds. The Labute approximate surface area is 120 Å². The van der Waals surface area contributed by atoms with Gasteiger partial charge in [0.25, 0.3) is 0 Å². The van der Waals surface area contributed by atoms with Gasteiger partial charge in [-0.05, 0) is 29.7 Å². The molecule has 1 aromatic carbocycles. The molecule has 0 bridgehead atoms. The van der Waals surface area contributed by atoms with Gasteiger partial charge >= 0.3 is 6.09 Å². The Bertz CT molecular complexity index is 614. The molecule has 6 nitrogen and oxygen atoms in total. The molecule has 2 rings (SSSR count). The number of methoxy groups -OCH3 is 1. The van der Waals surface area contributed by atoms with Crippen LogP contribution in [0.25, 0.3) is 11.0 Å². The zero-order valence-corrected chi connectivity index (χ0v) is 12.5. The number of anilines is 1. The van der Waals surface area contributed by atoms with Crippen molar-refractivity contribution in [3.8, 4) is 0 Å². The third-order valence-electron chi connectivity index (χ3n) is 2.86. The van der Waals surface area contributed by atoms with E-state index in [2.05, 4.69) is 14.7 Å². The van der Waals surface area contributed by atoms with Crippen LogP contribution < -0.4 is 4.90 Å². The Morgan fingerprint density at radius 3 is 2.95 bits per heavy atom. The Kier molecular flexibility index (Phi) is 4.51. The second-order valence-electron chi connectivity index (χ2n) is 4.32. The van der Waals surface area contributed by atoms with Gasteiger partial charge in [0.2, 0.25) is 5.95 Å². The lowest BCUT2D eigenvalue weighted by atomic mass is 10.3. The molecule has 0 aliphatic carbocycles. The van der Waals surface area contributed by atoms with E-state index in [1.807, 2.05) is 19.1 Å². The van der Waals surface area contributed by atoms with Gasteiger partial charge in [0.05, 0.1) is 18.1 Å². The number of amides is 1. The summed E-state index contributed by atoms with van der Waals surface area (Å²) in [6, 6.07) is 5.42. The molecule has 1 unspecified atom stereocenters. The number of carbonyl (C=O) groups excluding carboxylic acids is 1. The molecule has 1 aromatic heterocycles. The van der Waals surface area contributed by atoms with E-state index in [4.69, 9.17) is 0 Å². The standard InChI is InChI=1S/C13H17N3O3S/c1-4-7-20(18)9-5-6-10-11(8-9)15-12(14-10)16(2)13(17)19-3/h5-6,8H,4,7H2,1-3H3,(H,14,15). The van der Waals surface area contributed by atoms with Crippen LogP contribution in [0.15, 0.2) is 23.1 Å². The monoisotopic (exact) mass is 295 g/mol. The molecule has 0 spiro atoms. The SMILES string of the molecule is CCC[S+]([O-])c1ccc2[nH]c(N(C)C(=O)OC)nc2c1. The highest BCUT2D eigenvalue weighted by Crippen LogP contribution is 2.21. The first-order chi connectivity index (χ1) is 9.56. The second kappa shape index (κ2) is 6.15. The first-order valence-corrected chi connectivity index (χ1v) is 7.58. The highest BCUT2D eigenvalue weighted by molar-refractivity contribution is 7.91. The summed E-state index contributed by atoms with van der Waals surface area (Å²) in [5.41, 5.74) is 1.46. The number of aromatic amines is 1. The summed E-state index contributed by atoms with van der Waals surface area (Å²) < 4.78 is 16.6. The highest BCUT2D eigenvalue weighted by atomic mass is 32.2. The molecule has 0 radical (unpaired) electrons. The van der Waals surface area contributed by atoms with Gasteiger partial charge in [0, 0.05) is 13.1 Å². The first-order valence-electron chi connectivity index (χ1n) is 6.26. The van der Waals surface area contributed by atoms with Gasteiger partial charge in [0.15, 0.2) is 4.90 Å². The summed E-state index contributed by atoms with van der Waals surface area (Å²) in [4.78, 5) is 20.8. The average molecular weight is 295 g/mol. The maximum atomic E-state index is 12.0. The molecule has 7 heteroatoms. The van der Waals surface area contributed by atoms with Crippen LogP contribution in [-0.4, -0.2) is 40.5 Å². The van der Waals surface area contributed by atoms with Gasteiger partial charge in [-0.3, -0.25) is 4.90 Å². The minimum absolute atomic E-state index is 0.394. The molecule has 0 fully saturated rings. The number of rotatable bonds is 4. The molecule has 0 saturated carbocycles. The lowest BCUT2D eigenvalue weighted by molar-refractivity contribution is 0.180. The Morgan fingerprint density at radius 2 is 2.30 bits per heavy atom. The molecule has 1 N–H and O–H groups in total. The maximum absolute atomic E-state index is 12.0. The van der Waals surface area contributed by atoms with Crippen molar-refractivity contribution in [1.82, 2.24) is 9.97 Å². The third kappa shape index (κ3) is 2.88. The van der Waals surface area contributed by atoms with E-state index < -0.39 is 17.3 Å². The fourth-order valence-electron chi connectivity index (χ4n) is 1.80. The smallest absolute Gasteiger partial charge is 0.416 e. The molecule has 2 aromatic rings. The summed E-state index contributed by atoms with van der Waals surface area (Å²) in [6.07, 6.45) is 0.362. The van der Waals surface area contributed by atoms with Crippen LogP contribution in [0.4, 0.5) is 10.7 Å². The van der Waals surface area contributed by atoms with Crippen molar-refractivity contribution in [2.24, 2.45) is 0 Å². The number of aromatic nitrogens is 2. The van der Waals surface area contributed by atoms with Crippen molar-refractivity contribution >= 4 is 34.3 Å². The van der Waals surface area contributed by atoms with Gasteiger partial charge < -0.3 is 14.3 Å². The van der Waals surface area contributed by atoms with Gasteiger partial charge in [-0.1, -0.05) is 6.92 Å². The predicted octanol–water partition coefficient (Wildman–Crippen LogP) is 2.28. The zero-order valence-electron chi connectivity index (χ0n) is 11.7. The number of benzene rings is 1. The van der Waals surface area contributed by atoms with Crippen LogP contribution in [0.1, 0.15) is 13.3 Å². The Balaban J connectivity index is 2.32. The molecule has 0 saturated heterocycles. The fourth-order valence-corrected chi connectivity index (χ4v) is 2.87. The number of H-pyrrole nitrogens is 1. The summed E-state index contributed by atoms with van der Waals surface area (Å²) in [6.45, 7) is 1.99. The fraction of sp³-hybridized carbons (Fsp3) is 0.385. The molecule has 1 atom stereocenters. The predicted molar refractivity (Wildman–Crippen MR) is 78.5 cm³/mol. The normalized spacial score (nSPS) is 12.4. The minimum Gasteiger partial charge on any atom is -0.611 e. The third-order valence-corrected chi connectivity index (χ3v) is 4.42. The zero-order chi connectivity index (χ0) is 14.7. The van der Waals surface area contributed by atoms with Crippen molar-refractivity contribution in [2.45, 2.75) is 18.2 Å². The minimum atomic E-state index is -1.01. The lowest BCUT2D eigenvalue weighted by Gasteiger charge is -2.10. The number of nitrogens with zero attached hydrogens (tertiary/aromatic N) is 2. The molecular weight excluding hydrogens is 278 g/mol. The van der Waals surface area contributed by atoms with Crippen LogP contribution in [-0.2, 0) is 15.9 Å². The molecule has 0 aliphatic heterocycles. The number of carbonyl (C=O) groups is 1. The number of ether oxygens (including phenoxy) is 1. The molecule has 0 aliphatic rings. The van der Waals surface area contributed by atoms with Crippen LogP contribution in [0.2, 0.25) is 0 Å². The Hall–Kier alpha value is -1.73. The van der Waals surface area contributed by atoms with Crippen LogP contribution in [0.5, 0.6) is 0 Å². The van der Waals surface area contributed by atoms with Gasteiger partial charge in [-0.2, -0.15) is 0 Å². The molecule has 108 valence electrons. The number of hydrogen-bond acceptors (Lipinski definition) is 4. The Morgan fingerprint density at radius 1 is 1.55 bits per heavy atom. The summed E-state index contributed by atoms with van der Waals surface area (Å²) in [5.74, 6) is 1.02. The summed E-state index contributed by atoms with van der Waals surface area (Å²) in [7, 11) is 2.88. The van der Waals surface area contributed by atoms with E-state index in [9.17, 15) is 9.35 Å². The van der Waals surface area contributed by atoms with E-state index in [-0.39, 0.29) is 0 Å². The largest absolute Gasteiger partial charge is 0.611 e. The summed E-state index contributed by atoms with van der Waals surface area (Å²) >= 11 is -1.01. The van der Waals surface area contributed by atoms with E-state index in [1.54, 1.807) is 13.1 Å². The van der Waals surface area contributed by atoms with Gasteiger partial charge in [0.1, 0.15) is 5.75 Å². The number of hydrogen-bond donors (Lipinski definition) is 1. The van der Waals surface area contributed by atoms with Gasteiger partial charge in [-0.25, -0.2) is 9.78 Å². The number of fused-ring (bicyclic) bond motifs is 1. The van der Waals surface area contributed by atoms with E-state index in [1.165, 1.54) is 12.0 Å². The maximum Gasteiger partial charge on any atom is 0.416 e. The average Bonchev–Trinajstić information content (AvgIpc) is 2.88. The summed E-state index contributed by atoms with van der Waals surface area (Å²) in [5, 5.41) is 0. The molecular formula is C13H17N3O3S. The van der Waals surface area contributed by atoms with Gasteiger partial charge in [-0.15, -0.1) is 0 Å². The van der Waals surface area contributed by atoms with E-state index in [0.717, 1.165) is 16.8 Å². The highest BCUT2D eigenvalue weighted by Gasteiger charge is 2.17. The van der Waals surface area contributed by atoms with E-state index in [0.29, 0.717) is 17.2 Å². The van der Waals surface area contributed by atoms with Crippen molar-refractivity contribution < 1.29 is 14.1 Å². The quantitative estimate of drug-likeness (QED) is 0.877. The number of nitrogens with one attached hydrogen (secondary N) is 1. The topological polar surface area (TPSA) is 81.3 Å². The van der Waals surface area contributed by atoms with Crippen molar-refractivity contribution in [3.05, 3.63) is 18.2 Å². The molecule has 20 heavy (non-hydrogen) atoms. The van der Waals surface area contributed by atoms with Crippen molar-refractivity contribution in [1.29, 1.82) is 0 Å². The van der Waals surface area contributed by atoms with Crippen LogP contribution in [0.3, 0.4) is 0 Å². The molecule has 1 heterocycles. The first kappa shape index (κ1) is 14.7. The number of imidazole rings is 1. The van der Waals surface area contributed by atoms with Crippen LogP contribution >= 0.6 is 0 Å².